The monoisotopic (exact) mass is 341 g/mol. The van der Waals surface area contributed by atoms with Crippen LogP contribution in [0.5, 0.6) is 0 Å². The minimum atomic E-state index is -4.24. The molecule has 1 aliphatic heterocycles. The lowest BCUT2D eigenvalue weighted by molar-refractivity contribution is -0.141. The highest BCUT2D eigenvalue weighted by atomic mass is 19.4. The topological polar surface area (TPSA) is 38.9 Å². The maximum Gasteiger partial charge on any atom is 0.406 e. The third kappa shape index (κ3) is 3.33. The standard InChI is InChI=1S/C16H22F3N5/c1-11-15(12(2)22(3)21-11)13-5-4-7-23(13)9-14-20-6-8-24(14)10-16(17,18)19/h6,8,13H,4-5,7,9-10H2,1-3H3. The highest BCUT2D eigenvalue weighted by molar-refractivity contribution is 5.29. The molecule has 2 aromatic rings. The molecule has 8 heteroatoms. The van der Waals surface area contributed by atoms with Gasteiger partial charge in [-0.05, 0) is 33.2 Å². The smallest absolute Gasteiger partial charge is 0.325 e. The second-order valence-electron chi connectivity index (χ2n) is 6.42. The van der Waals surface area contributed by atoms with Crippen LogP contribution in [0.4, 0.5) is 13.2 Å². The van der Waals surface area contributed by atoms with E-state index >= 15 is 0 Å². The Labute approximate surface area is 139 Å². The SMILES string of the molecule is Cc1nn(C)c(C)c1C1CCCN1Cc1nccn1CC(F)(F)F. The molecule has 2 aromatic heterocycles. The third-order valence-corrected chi connectivity index (χ3v) is 4.76. The van der Waals surface area contributed by atoms with Crippen molar-refractivity contribution in [2.75, 3.05) is 6.54 Å². The van der Waals surface area contributed by atoms with E-state index in [9.17, 15) is 13.2 Å². The molecule has 0 aliphatic carbocycles. The molecule has 1 atom stereocenters. The third-order valence-electron chi connectivity index (χ3n) is 4.76. The fourth-order valence-electron chi connectivity index (χ4n) is 3.62. The summed E-state index contributed by atoms with van der Waals surface area (Å²) >= 11 is 0. The van der Waals surface area contributed by atoms with Gasteiger partial charge in [-0.2, -0.15) is 18.3 Å². The van der Waals surface area contributed by atoms with Crippen LogP contribution in [-0.4, -0.2) is 37.0 Å². The molecule has 3 heterocycles. The van der Waals surface area contributed by atoms with E-state index in [1.54, 1.807) is 0 Å². The summed E-state index contributed by atoms with van der Waals surface area (Å²) in [4.78, 5) is 6.36. The van der Waals surface area contributed by atoms with Gasteiger partial charge in [-0.15, -0.1) is 0 Å². The van der Waals surface area contributed by atoms with Crippen molar-refractivity contribution >= 4 is 0 Å². The molecule has 0 spiro atoms. The molecular weight excluding hydrogens is 319 g/mol. The molecule has 1 saturated heterocycles. The number of aromatic nitrogens is 4. The summed E-state index contributed by atoms with van der Waals surface area (Å²) < 4.78 is 41.1. The van der Waals surface area contributed by atoms with E-state index in [4.69, 9.17) is 0 Å². The molecule has 0 radical (unpaired) electrons. The maximum absolute atomic E-state index is 12.7. The first kappa shape index (κ1) is 17.0. The zero-order chi connectivity index (χ0) is 17.5. The molecule has 0 saturated carbocycles. The van der Waals surface area contributed by atoms with Gasteiger partial charge in [-0.1, -0.05) is 0 Å². The summed E-state index contributed by atoms with van der Waals surface area (Å²) in [5.74, 6) is 0.457. The number of hydrogen-bond acceptors (Lipinski definition) is 3. The van der Waals surface area contributed by atoms with E-state index in [1.807, 2.05) is 25.6 Å². The quantitative estimate of drug-likeness (QED) is 0.858. The first-order chi connectivity index (χ1) is 11.3. The Bertz CT molecular complexity index is 716. The Morgan fingerprint density at radius 2 is 2.04 bits per heavy atom. The van der Waals surface area contributed by atoms with E-state index in [0.29, 0.717) is 12.4 Å². The average Bonchev–Trinajstić information content (AvgIpc) is 3.13. The molecule has 0 amide bonds. The fraction of sp³-hybridized carbons (Fsp3) is 0.625. The fourth-order valence-corrected chi connectivity index (χ4v) is 3.62. The van der Waals surface area contributed by atoms with E-state index in [-0.39, 0.29) is 6.04 Å². The molecule has 24 heavy (non-hydrogen) atoms. The van der Waals surface area contributed by atoms with E-state index in [1.165, 1.54) is 22.5 Å². The summed E-state index contributed by atoms with van der Waals surface area (Å²) in [6.07, 6.45) is 0.614. The number of nitrogens with zero attached hydrogens (tertiary/aromatic N) is 5. The van der Waals surface area contributed by atoms with Crippen molar-refractivity contribution in [1.82, 2.24) is 24.2 Å². The van der Waals surface area contributed by atoms with Crippen molar-refractivity contribution in [3.63, 3.8) is 0 Å². The molecular formula is C16H22F3N5. The molecule has 0 N–H and O–H groups in total. The Hall–Kier alpha value is -1.83. The number of likely N-dealkylation sites (tertiary alicyclic amines) is 1. The zero-order valence-electron chi connectivity index (χ0n) is 14.1. The van der Waals surface area contributed by atoms with Gasteiger partial charge in [0.05, 0.1) is 12.2 Å². The summed E-state index contributed by atoms with van der Waals surface area (Å²) in [6.45, 7) is 4.31. The Morgan fingerprint density at radius 1 is 1.29 bits per heavy atom. The van der Waals surface area contributed by atoms with Crippen molar-refractivity contribution in [3.8, 4) is 0 Å². The van der Waals surface area contributed by atoms with Crippen LogP contribution >= 0.6 is 0 Å². The highest BCUT2D eigenvalue weighted by Gasteiger charge is 2.33. The number of halogens is 3. The van der Waals surface area contributed by atoms with Crippen LogP contribution in [0.3, 0.4) is 0 Å². The Balaban J connectivity index is 1.82. The molecule has 132 valence electrons. The number of alkyl halides is 3. The molecule has 1 unspecified atom stereocenters. The second kappa shape index (κ2) is 6.23. The predicted molar refractivity (Wildman–Crippen MR) is 83.3 cm³/mol. The molecule has 0 aromatic carbocycles. The number of aryl methyl sites for hydroxylation is 2. The number of hydrogen-bond donors (Lipinski definition) is 0. The summed E-state index contributed by atoms with van der Waals surface area (Å²) in [5.41, 5.74) is 3.30. The lowest BCUT2D eigenvalue weighted by atomic mass is 10.0. The van der Waals surface area contributed by atoms with Gasteiger partial charge in [-0.3, -0.25) is 9.58 Å². The van der Waals surface area contributed by atoms with Gasteiger partial charge >= 0.3 is 6.18 Å². The van der Waals surface area contributed by atoms with Gasteiger partial charge < -0.3 is 4.57 Å². The van der Waals surface area contributed by atoms with Gasteiger partial charge in [0.15, 0.2) is 0 Å². The van der Waals surface area contributed by atoms with E-state index in [2.05, 4.69) is 15.0 Å². The van der Waals surface area contributed by atoms with E-state index in [0.717, 1.165) is 30.8 Å². The van der Waals surface area contributed by atoms with Crippen molar-refractivity contribution in [2.24, 2.45) is 7.05 Å². The minimum absolute atomic E-state index is 0.190. The maximum atomic E-state index is 12.7. The van der Waals surface area contributed by atoms with Crippen LogP contribution < -0.4 is 0 Å². The highest BCUT2D eigenvalue weighted by Crippen LogP contribution is 2.36. The molecule has 1 aliphatic rings. The Kier molecular flexibility index (Phi) is 4.42. The van der Waals surface area contributed by atoms with Gasteiger partial charge in [0.2, 0.25) is 0 Å². The first-order valence-corrected chi connectivity index (χ1v) is 8.07. The van der Waals surface area contributed by atoms with Crippen molar-refractivity contribution in [3.05, 3.63) is 35.2 Å². The molecule has 1 fully saturated rings. The van der Waals surface area contributed by atoms with Crippen LogP contribution in [0.1, 0.15) is 41.7 Å². The summed E-state index contributed by atoms with van der Waals surface area (Å²) in [5, 5.41) is 4.47. The number of imidazole rings is 1. The Morgan fingerprint density at radius 3 is 2.67 bits per heavy atom. The minimum Gasteiger partial charge on any atom is -0.325 e. The average molecular weight is 341 g/mol. The van der Waals surface area contributed by atoms with Crippen LogP contribution in [0.2, 0.25) is 0 Å². The van der Waals surface area contributed by atoms with Crippen molar-refractivity contribution < 1.29 is 13.2 Å². The molecule has 5 nitrogen and oxygen atoms in total. The number of rotatable bonds is 4. The van der Waals surface area contributed by atoms with Gasteiger partial charge in [0.1, 0.15) is 12.4 Å². The van der Waals surface area contributed by atoms with Crippen LogP contribution in [0, 0.1) is 13.8 Å². The van der Waals surface area contributed by atoms with Gasteiger partial charge in [0, 0.05) is 36.7 Å². The van der Waals surface area contributed by atoms with Crippen molar-refractivity contribution in [1.29, 1.82) is 0 Å². The van der Waals surface area contributed by atoms with Gasteiger partial charge in [0.25, 0.3) is 0 Å². The lowest BCUT2D eigenvalue weighted by Gasteiger charge is -2.25. The normalized spacial score (nSPS) is 19.3. The van der Waals surface area contributed by atoms with Gasteiger partial charge in [-0.25, -0.2) is 4.98 Å². The summed E-state index contributed by atoms with van der Waals surface area (Å²) in [6, 6.07) is 0.190. The predicted octanol–water partition coefficient (Wildman–Crippen LogP) is 3.13. The molecule has 3 rings (SSSR count). The van der Waals surface area contributed by atoms with Crippen molar-refractivity contribution in [2.45, 2.75) is 52.0 Å². The lowest BCUT2D eigenvalue weighted by Crippen LogP contribution is -2.27. The van der Waals surface area contributed by atoms with Crippen LogP contribution in [0.15, 0.2) is 12.4 Å². The van der Waals surface area contributed by atoms with Crippen LogP contribution in [-0.2, 0) is 20.1 Å². The summed E-state index contributed by atoms with van der Waals surface area (Å²) in [7, 11) is 1.92. The second-order valence-corrected chi connectivity index (χ2v) is 6.42. The largest absolute Gasteiger partial charge is 0.406 e. The first-order valence-electron chi connectivity index (χ1n) is 8.07. The van der Waals surface area contributed by atoms with Crippen LogP contribution in [0.25, 0.3) is 0 Å². The van der Waals surface area contributed by atoms with E-state index < -0.39 is 12.7 Å². The zero-order valence-corrected chi connectivity index (χ0v) is 14.1. The molecule has 0 bridgehead atoms.